The molecule has 19 heavy (non-hydrogen) atoms. The summed E-state index contributed by atoms with van der Waals surface area (Å²) in [4.78, 5) is 26.9. The van der Waals surface area contributed by atoms with E-state index in [0.717, 1.165) is 13.0 Å². The third kappa shape index (κ3) is 4.95. The Morgan fingerprint density at radius 1 is 1.47 bits per heavy atom. The van der Waals surface area contributed by atoms with E-state index in [0.29, 0.717) is 11.3 Å². The first-order valence-corrected chi connectivity index (χ1v) is 6.31. The number of carbonyl (C=O) groups is 2. The average molecular weight is 264 g/mol. The topological polar surface area (TPSA) is 97.1 Å². The van der Waals surface area contributed by atoms with Gasteiger partial charge in [-0.1, -0.05) is 6.92 Å². The first-order valence-electron chi connectivity index (χ1n) is 6.31. The number of nitrogens with two attached hydrogens (primary N) is 1. The van der Waals surface area contributed by atoms with E-state index in [2.05, 4.69) is 15.6 Å². The van der Waals surface area contributed by atoms with E-state index in [4.69, 9.17) is 5.73 Å². The largest absolute Gasteiger partial charge is 0.383 e. The van der Waals surface area contributed by atoms with Gasteiger partial charge in [0.15, 0.2) is 0 Å². The first kappa shape index (κ1) is 14.9. The van der Waals surface area contributed by atoms with E-state index in [1.54, 1.807) is 25.4 Å². The number of carbonyl (C=O) groups excluding carboxylic acids is 2. The quantitative estimate of drug-likeness (QED) is 0.681. The molecular weight excluding hydrogens is 244 g/mol. The zero-order chi connectivity index (χ0) is 14.3. The molecule has 2 amide bonds. The van der Waals surface area contributed by atoms with Gasteiger partial charge >= 0.3 is 0 Å². The molecule has 1 aromatic heterocycles. The van der Waals surface area contributed by atoms with E-state index in [-0.39, 0.29) is 18.4 Å². The molecule has 0 spiro atoms. The first-order chi connectivity index (χ1) is 9.04. The van der Waals surface area contributed by atoms with E-state index in [1.165, 1.54) is 0 Å². The Kier molecular flexibility index (Phi) is 5.78. The number of rotatable bonds is 7. The molecule has 0 bridgehead atoms. The lowest BCUT2D eigenvalue weighted by Crippen LogP contribution is -2.36. The summed E-state index contributed by atoms with van der Waals surface area (Å²) >= 11 is 0. The fourth-order valence-corrected chi connectivity index (χ4v) is 1.65. The highest BCUT2D eigenvalue weighted by Crippen LogP contribution is 2.13. The summed E-state index contributed by atoms with van der Waals surface area (Å²) < 4.78 is 0. The minimum absolute atomic E-state index is 0.120. The summed E-state index contributed by atoms with van der Waals surface area (Å²) in [5.74, 6) is -0.679. The molecule has 6 heteroatoms. The lowest BCUT2D eigenvalue weighted by molar-refractivity contribution is -0.118. The monoisotopic (exact) mass is 264 g/mol. The summed E-state index contributed by atoms with van der Waals surface area (Å²) in [6.45, 7) is 4.55. The fourth-order valence-electron chi connectivity index (χ4n) is 1.65. The third-order valence-electron chi connectivity index (χ3n) is 2.52. The molecule has 104 valence electrons. The Balaban J connectivity index is 2.73. The Labute approximate surface area is 112 Å². The standard InChI is InChI=1S/C13H20N4O2/c1-3-5-16-11-8-15-6-4-10(11)13(19)17-9(2)7-12(14)18/h4,6,8-9,16H,3,5,7H2,1-2H3,(H2,14,18)(H,17,19). The molecule has 0 aromatic carbocycles. The zero-order valence-electron chi connectivity index (χ0n) is 11.3. The number of hydrogen-bond acceptors (Lipinski definition) is 4. The molecule has 1 heterocycles. The van der Waals surface area contributed by atoms with Crippen LogP contribution < -0.4 is 16.4 Å². The number of anilines is 1. The fraction of sp³-hybridized carbons (Fsp3) is 0.462. The summed E-state index contributed by atoms with van der Waals surface area (Å²) in [6, 6.07) is 1.35. The number of primary amides is 1. The van der Waals surface area contributed by atoms with Crippen LogP contribution in [0.5, 0.6) is 0 Å². The van der Waals surface area contributed by atoms with Crippen LogP contribution in [0.15, 0.2) is 18.5 Å². The maximum Gasteiger partial charge on any atom is 0.253 e. The predicted octanol–water partition coefficient (Wildman–Crippen LogP) is 0.897. The molecule has 0 aliphatic carbocycles. The third-order valence-corrected chi connectivity index (χ3v) is 2.52. The maximum atomic E-state index is 12.1. The van der Waals surface area contributed by atoms with Crippen LogP contribution in [0, 0.1) is 0 Å². The average Bonchev–Trinajstić information content (AvgIpc) is 2.35. The summed E-state index contributed by atoms with van der Waals surface area (Å²) in [6.07, 6.45) is 4.25. The summed E-state index contributed by atoms with van der Waals surface area (Å²) in [5.41, 5.74) is 6.29. The number of hydrogen-bond donors (Lipinski definition) is 3. The second kappa shape index (κ2) is 7.35. The van der Waals surface area contributed by atoms with Gasteiger partial charge in [-0.05, 0) is 19.4 Å². The van der Waals surface area contributed by atoms with Gasteiger partial charge < -0.3 is 16.4 Å². The van der Waals surface area contributed by atoms with Crippen molar-refractivity contribution in [3.05, 3.63) is 24.0 Å². The van der Waals surface area contributed by atoms with E-state index in [9.17, 15) is 9.59 Å². The van der Waals surface area contributed by atoms with E-state index < -0.39 is 5.91 Å². The van der Waals surface area contributed by atoms with Crippen molar-refractivity contribution in [1.82, 2.24) is 10.3 Å². The molecule has 6 nitrogen and oxygen atoms in total. The minimum atomic E-state index is -0.438. The van der Waals surface area contributed by atoms with Gasteiger partial charge in [-0.3, -0.25) is 14.6 Å². The number of nitrogens with one attached hydrogen (secondary N) is 2. The molecule has 0 aliphatic rings. The smallest absolute Gasteiger partial charge is 0.253 e. The molecule has 0 aliphatic heterocycles. The molecular formula is C13H20N4O2. The van der Waals surface area contributed by atoms with Crippen LogP contribution in [0.4, 0.5) is 5.69 Å². The van der Waals surface area contributed by atoms with Crippen molar-refractivity contribution in [2.75, 3.05) is 11.9 Å². The normalized spacial score (nSPS) is 11.7. The van der Waals surface area contributed by atoms with Crippen LogP contribution in [-0.4, -0.2) is 29.4 Å². The highest BCUT2D eigenvalue weighted by atomic mass is 16.2. The van der Waals surface area contributed by atoms with Crippen molar-refractivity contribution in [1.29, 1.82) is 0 Å². The lowest BCUT2D eigenvalue weighted by Gasteiger charge is -2.14. The van der Waals surface area contributed by atoms with Crippen LogP contribution in [0.1, 0.15) is 37.0 Å². The number of amides is 2. The number of pyridine rings is 1. The predicted molar refractivity (Wildman–Crippen MR) is 73.8 cm³/mol. The van der Waals surface area contributed by atoms with Crippen molar-refractivity contribution in [2.45, 2.75) is 32.7 Å². The molecule has 0 saturated heterocycles. The summed E-state index contributed by atoms with van der Waals surface area (Å²) in [5, 5.41) is 5.88. The molecule has 0 fully saturated rings. The molecule has 1 unspecified atom stereocenters. The molecule has 0 radical (unpaired) electrons. The van der Waals surface area contributed by atoms with Crippen LogP contribution in [0.25, 0.3) is 0 Å². The van der Waals surface area contributed by atoms with Crippen LogP contribution in [0.2, 0.25) is 0 Å². The van der Waals surface area contributed by atoms with Crippen LogP contribution >= 0.6 is 0 Å². The van der Waals surface area contributed by atoms with Crippen molar-refractivity contribution in [2.24, 2.45) is 5.73 Å². The Morgan fingerprint density at radius 3 is 2.84 bits per heavy atom. The Morgan fingerprint density at radius 2 is 2.21 bits per heavy atom. The van der Waals surface area contributed by atoms with Crippen molar-refractivity contribution in [3.8, 4) is 0 Å². The van der Waals surface area contributed by atoms with Gasteiger partial charge in [-0.15, -0.1) is 0 Å². The van der Waals surface area contributed by atoms with Gasteiger partial charge in [0, 0.05) is 25.2 Å². The molecule has 1 aromatic rings. The molecule has 1 rings (SSSR count). The number of nitrogens with zero attached hydrogens (tertiary/aromatic N) is 1. The lowest BCUT2D eigenvalue weighted by atomic mass is 10.1. The Bertz CT molecular complexity index is 448. The van der Waals surface area contributed by atoms with Gasteiger partial charge in [0.1, 0.15) is 0 Å². The molecule has 1 atom stereocenters. The SMILES string of the molecule is CCCNc1cnccc1C(=O)NC(C)CC(N)=O. The van der Waals surface area contributed by atoms with E-state index in [1.807, 2.05) is 6.92 Å². The summed E-state index contributed by atoms with van der Waals surface area (Å²) in [7, 11) is 0. The van der Waals surface area contributed by atoms with Crippen LogP contribution in [0.3, 0.4) is 0 Å². The van der Waals surface area contributed by atoms with Crippen LogP contribution in [-0.2, 0) is 4.79 Å². The Hall–Kier alpha value is -2.11. The highest BCUT2D eigenvalue weighted by molar-refractivity contribution is 5.99. The van der Waals surface area contributed by atoms with Crippen molar-refractivity contribution >= 4 is 17.5 Å². The maximum absolute atomic E-state index is 12.1. The molecule has 0 saturated carbocycles. The van der Waals surface area contributed by atoms with Gasteiger partial charge in [0.05, 0.1) is 17.4 Å². The van der Waals surface area contributed by atoms with E-state index >= 15 is 0 Å². The highest BCUT2D eigenvalue weighted by Gasteiger charge is 2.14. The van der Waals surface area contributed by atoms with Gasteiger partial charge in [-0.2, -0.15) is 0 Å². The van der Waals surface area contributed by atoms with Crippen molar-refractivity contribution < 1.29 is 9.59 Å². The second-order valence-corrected chi connectivity index (χ2v) is 4.39. The zero-order valence-corrected chi connectivity index (χ0v) is 11.3. The van der Waals surface area contributed by atoms with Crippen molar-refractivity contribution in [3.63, 3.8) is 0 Å². The van der Waals surface area contributed by atoms with Gasteiger partial charge in [0.25, 0.3) is 5.91 Å². The minimum Gasteiger partial charge on any atom is -0.383 e. The second-order valence-electron chi connectivity index (χ2n) is 4.39. The molecule has 4 N–H and O–H groups in total. The van der Waals surface area contributed by atoms with Gasteiger partial charge in [-0.25, -0.2) is 0 Å². The number of aromatic nitrogens is 1. The van der Waals surface area contributed by atoms with Gasteiger partial charge in [0.2, 0.25) is 5.91 Å².